The molecule has 1 atom stereocenters. The molecule has 3 aromatic rings. The molecule has 3 aromatic carbocycles. The van der Waals surface area contributed by atoms with Gasteiger partial charge in [-0.1, -0.05) is 60.7 Å². The number of hydrogen-bond acceptors (Lipinski definition) is 6. The molecule has 0 aliphatic carbocycles. The molecule has 0 fully saturated rings. The van der Waals surface area contributed by atoms with Crippen LogP contribution in [0.15, 0.2) is 83.9 Å². The summed E-state index contributed by atoms with van der Waals surface area (Å²) in [6.45, 7) is 4.96. The van der Waals surface area contributed by atoms with Gasteiger partial charge in [0.25, 0.3) is 5.69 Å². The molecular weight excluding hydrogens is 489 g/mol. The van der Waals surface area contributed by atoms with E-state index in [-0.39, 0.29) is 5.56 Å². The fourth-order valence-corrected chi connectivity index (χ4v) is 3.52. The molecule has 3 rings (SSSR count). The number of halogens is 3. The van der Waals surface area contributed by atoms with Crippen molar-refractivity contribution in [3.8, 4) is 5.75 Å². The molecule has 0 bridgehead atoms. The van der Waals surface area contributed by atoms with Crippen LogP contribution in [0.3, 0.4) is 0 Å². The molecule has 0 spiro atoms. The standard InChI is InChI=1S/C27H25F3N2O5/c1-26(2,3)37-25(33)22(17-20-16-21(36-27(28,29)30)14-15-23(20)32(34)35)31-24(18-10-6-4-7-11-18)19-12-8-5-9-13-19/h4-16,22H,17H2,1-3H3/t22-/m0/s1. The third kappa shape index (κ3) is 8.16. The van der Waals surface area contributed by atoms with Gasteiger partial charge in [0.15, 0.2) is 6.04 Å². The van der Waals surface area contributed by atoms with Gasteiger partial charge in [-0.2, -0.15) is 0 Å². The van der Waals surface area contributed by atoms with E-state index in [0.29, 0.717) is 16.8 Å². The summed E-state index contributed by atoms with van der Waals surface area (Å²) in [5.74, 6) is -1.43. The highest BCUT2D eigenvalue weighted by Crippen LogP contribution is 2.30. The topological polar surface area (TPSA) is 91.0 Å². The SMILES string of the molecule is CC(C)(C)OC(=O)[C@H](Cc1cc(OC(F)(F)F)ccc1[N+](=O)[O-])N=C(c1ccccc1)c1ccccc1. The number of aliphatic imine (C=N–C) groups is 1. The van der Waals surface area contributed by atoms with Crippen LogP contribution in [0.4, 0.5) is 18.9 Å². The van der Waals surface area contributed by atoms with Crippen molar-refractivity contribution in [2.45, 2.75) is 45.2 Å². The van der Waals surface area contributed by atoms with Gasteiger partial charge in [0.1, 0.15) is 11.4 Å². The molecule has 194 valence electrons. The van der Waals surface area contributed by atoms with Gasteiger partial charge in [-0.25, -0.2) is 4.79 Å². The lowest BCUT2D eigenvalue weighted by atomic mass is 10.00. The van der Waals surface area contributed by atoms with E-state index in [1.54, 1.807) is 69.3 Å². The van der Waals surface area contributed by atoms with Crippen molar-refractivity contribution >= 4 is 17.4 Å². The number of carbonyl (C=O) groups is 1. The molecule has 0 radical (unpaired) electrons. The Balaban J connectivity index is 2.15. The van der Waals surface area contributed by atoms with Gasteiger partial charge in [0, 0.05) is 29.2 Å². The summed E-state index contributed by atoms with van der Waals surface area (Å²) in [7, 11) is 0. The summed E-state index contributed by atoms with van der Waals surface area (Å²) in [6, 6.07) is 19.3. The molecule has 0 aliphatic rings. The largest absolute Gasteiger partial charge is 0.573 e. The van der Waals surface area contributed by atoms with Crippen molar-refractivity contribution in [3.05, 3.63) is 106 Å². The van der Waals surface area contributed by atoms with E-state index in [1.807, 2.05) is 12.1 Å². The van der Waals surface area contributed by atoms with Gasteiger partial charge in [-0.15, -0.1) is 13.2 Å². The van der Waals surface area contributed by atoms with E-state index in [9.17, 15) is 28.1 Å². The first-order valence-electron chi connectivity index (χ1n) is 11.3. The second kappa shape index (κ2) is 11.2. The Bertz CT molecular complexity index is 1230. The minimum atomic E-state index is -5.00. The number of nitrogens with zero attached hydrogens (tertiary/aromatic N) is 2. The minimum absolute atomic E-state index is 0.160. The van der Waals surface area contributed by atoms with Crippen molar-refractivity contribution in [2.75, 3.05) is 0 Å². The third-order valence-corrected chi connectivity index (χ3v) is 4.95. The Morgan fingerprint density at radius 1 is 0.946 bits per heavy atom. The molecular formula is C27H25F3N2O5. The Hall–Kier alpha value is -4.21. The Kier molecular flexibility index (Phi) is 8.31. The number of ether oxygens (including phenoxy) is 2. The van der Waals surface area contributed by atoms with Crippen LogP contribution in [-0.4, -0.2) is 34.6 Å². The van der Waals surface area contributed by atoms with Crippen LogP contribution in [0.2, 0.25) is 0 Å². The lowest BCUT2D eigenvalue weighted by Gasteiger charge is -2.23. The van der Waals surface area contributed by atoms with Crippen LogP contribution >= 0.6 is 0 Å². The van der Waals surface area contributed by atoms with E-state index >= 15 is 0 Å². The highest BCUT2D eigenvalue weighted by Gasteiger charge is 2.33. The van der Waals surface area contributed by atoms with Crippen molar-refractivity contribution < 1.29 is 32.4 Å². The van der Waals surface area contributed by atoms with E-state index < -0.39 is 46.8 Å². The molecule has 10 heteroatoms. The van der Waals surface area contributed by atoms with Crippen molar-refractivity contribution in [1.29, 1.82) is 0 Å². The molecule has 0 aliphatic heterocycles. The summed E-state index contributed by atoms with van der Waals surface area (Å²) < 4.78 is 47.9. The number of alkyl halides is 3. The zero-order chi connectivity index (χ0) is 27.2. The Morgan fingerprint density at radius 2 is 1.49 bits per heavy atom. The Morgan fingerprint density at radius 3 is 1.95 bits per heavy atom. The molecule has 0 N–H and O–H groups in total. The van der Waals surface area contributed by atoms with Crippen LogP contribution in [0, 0.1) is 10.1 Å². The zero-order valence-electron chi connectivity index (χ0n) is 20.4. The fourth-order valence-electron chi connectivity index (χ4n) is 3.52. The summed E-state index contributed by atoms with van der Waals surface area (Å²) >= 11 is 0. The van der Waals surface area contributed by atoms with E-state index in [2.05, 4.69) is 9.73 Å². The minimum Gasteiger partial charge on any atom is -0.458 e. The van der Waals surface area contributed by atoms with Crippen LogP contribution < -0.4 is 4.74 Å². The highest BCUT2D eigenvalue weighted by atomic mass is 19.4. The van der Waals surface area contributed by atoms with E-state index in [4.69, 9.17) is 4.74 Å². The first-order chi connectivity index (χ1) is 17.3. The maximum absolute atomic E-state index is 13.2. The number of esters is 1. The van der Waals surface area contributed by atoms with Crippen LogP contribution in [0.25, 0.3) is 0 Å². The van der Waals surface area contributed by atoms with Crippen LogP contribution in [0.1, 0.15) is 37.5 Å². The number of benzene rings is 3. The second-order valence-corrected chi connectivity index (χ2v) is 9.06. The highest BCUT2D eigenvalue weighted by molar-refractivity contribution is 6.13. The van der Waals surface area contributed by atoms with Gasteiger partial charge < -0.3 is 9.47 Å². The maximum Gasteiger partial charge on any atom is 0.573 e. The van der Waals surface area contributed by atoms with E-state index in [1.165, 1.54) is 0 Å². The summed E-state index contributed by atoms with van der Waals surface area (Å²) in [6.07, 6.45) is -5.40. The van der Waals surface area contributed by atoms with Gasteiger partial charge in [0.05, 0.1) is 10.6 Å². The van der Waals surface area contributed by atoms with Crippen LogP contribution in [-0.2, 0) is 16.0 Å². The normalized spacial score (nSPS) is 12.4. The number of rotatable bonds is 8. The van der Waals surface area contributed by atoms with Crippen molar-refractivity contribution in [3.63, 3.8) is 0 Å². The summed E-state index contributed by atoms with van der Waals surface area (Å²) in [4.78, 5) is 28.8. The molecule has 0 heterocycles. The third-order valence-electron chi connectivity index (χ3n) is 4.95. The smallest absolute Gasteiger partial charge is 0.458 e. The lowest BCUT2D eigenvalue weighted by Crippen LogP contribution is -2.33. The molecule has 0 saturated carbocycles. The van der Waals surface area contributed by atoms with Gasteiger partial charge in [-0.05, 0) is 32.9 Å². The zero-order valence-corrected chi connectivity index (χ0v) is 20.4. The first-order valence-corrected chi connectivity index (χ1v) is 11.3. The quantitative estimate of drug-likeness (QED) is 0.153. The molecule has 0 saturated heterocycles. The van der Waals surface area contributed by atoms with Gasteiger partial charge in [-0.3, -0.25) is 15.1 Å². The molecule has 0 aromatic heterocycles. The fraction of sp³-hybridized carbons (Fsp3) is 0.259. The maximum atomic E-state index is 13.2. The monoisotopic (exact) mass is 514 g/mol. The predicted octanol–water partition coefficient (Wildman–Crippen LogP) is 6.28. The van der Waals surface area contributed by atoms with E-state index in [0.717, 1.165) is 18.2 Å². The molecule has 0 unspecified atom stereocenters. The summed E-state index contributed by atoms with van der Waals surface area (Å²) in [5.41, 5.74) is 0.225. The Labute approximate surface area is 211 Å². The van der Waals surface area contributed by atoms with Crippen LogP contribution in [0.5, 0.6) is 5.75 Å². The van der Waals surface area contributed by atoms with Gasteiger partial charge in [0.2, 0.25) is 0 Å². The average Bonchev–Trinajstić information content (AvgIpc) is 2.80. The summed E-state index contributed by atoms with van der Waals surface area (Å²) in [5, 5.41) is 11.7. The van der Waals surface area contributed by atoms with Gasteiger partial charge >= 0.3 is 12.3 Å². The van der Waals surface area contributed by atoms with Crippen molar-refractivity contribution in [2.24, 2.45) is 4.99 Å². The average molecular weight is 515 g/mol. The molecule has 37 heavy (non-hydrogen) atoms. The molecule has 0 amide bonds. The number of hydrogen-bond donors (Lipinski definition) is 0. The number of nitro benzene ring substituents is 1. The predicted molar refractivity (Wildman–Crippen MR) is 132 cm³/mol. The van der Waals surface area contributed by atoms with Crippen molar-refractivity contribution in [1.82, 2.24) is 0 Å². The first kappa shape index (κ1) is 27.4. The number of nitro groups is 1. The number of carbonyl (C=O) groups excluding carboxylic acids is 1. The lowest BCUT2D eigenvalue weighted by molar-refractivity contribution is -0.385. The molecule has 7 nitrogen and oxygen atoms in total. The second-order valence-electron chi connectivity index (χ2n) is 9.06.